The van der Waals surface area contributed by atoms with Crippen molar-refractivity contribution >= 4 is 23.1 Å². The van der Waals surface area contributed by atoms with E-state index in [1.54, 1.807) is 13.1 Å². The van der Waals surface area contributed by atoms with Crippen molar-refractivity contribution in [3.05, 3.63) is 50.9 Å². The first kappa shape index (κ1) is 22.9. The molecule has 4 rings (SSSR count). The lowest BCUT2D eigenvalue weighted by molar-refractivity contribution is 0.0595. The summed E-state index contributed by atoms with van der Waals surface area (Å²) < 4.78 is 20.2. The van der Waals surface area contributed by atoms with Crippen LogP contribution in [-0.2, 0) is 4.74 Å². The van der Waals surface area contributed by atoms with Crippen LogP contribution in [0.3, 0.4) is 0 Å². The lowest BCUT2D eigenvalue weighted by atomic mass is 9.81. The number of ketones is 1. The van der Waals surface area contributed by atoms with E-state index in [2.05, 4.69) is 15.4 Å². The zero-order valence-corrected chi connectivity index (χ0v) is 18.9. The number of anilines is 1. The summed E-state index contributed by atoms with van der Waals surface area (Å²) in [5, 5.41) is 7.75. The van der Waals surface area contributed by atoms with Gasteiger partial charge in [0, 0.05) is 24.6 Å². The maximum Gasteiger partial charge on any atom is 0.287 e. The van der Waals surface area contributed by atoms with Crippen molar-refractivity contribution in [2.45, 2.75) is 51.5 Å². The van der Waals surface area contributed by atoms with E-state index in [-0.39, 0.29) is 28.3 Å². The number of hydrogen-bond acceptors (Lipinski definition) is 6. The quantitative estimate of drug-likeness (QED) is 0.511. The van der Waals surface area contributed by atoms with Gasteiger partial charge < -0.3 is 10.1 Å². The molecule has 2 aromatic rings. The molecule has 1 aliphatic heterocycles. The van der Waals surface area contributed by atoms with Crippen molar-refractivity contribution in [3.8, 4) is 0 Å². The molecule has 1 N–H and O–H groups in total. The highest BCUT2D eigenvalue weighted by Crippen LogP contribution is 2.34. The Morgan fingerprint density at radius 1 is 1.28 bits per heavy atom. The molecule has 0 bridgehead atoms. The number of Topliss-reactive ketones (excluding diaryl/α,β-unsaturated/α-hetero) is 1. The summed E-state index contributed by atoms with van der Waals surface area (Å²) in [7, 11) is 0. The van der Waals surface area contributed by atoms with Crippen molar-refractivity contribution in [2.24, 2.45) is 11.8 Å². The molecule has 2 fully saturated rings. The highest BCUT2D eigenvalue weighted by atomic mass is 35.5. The van der Waals surface area contributed by atoms with Crippen LogP contribution in [0.4, 0.5) is 10.1 Å². The van der Waals surface area contributed by atoms with Gasteiger partial charge in [0.25, 0.3) is 5.56 Å². The van der Waals surface area contributed by atoms with Crippen LogP contribution < -0.4 is 10.9 Å². The minimum atomic E-state index is -0.588. The molecular weight excluding hydrogens is 435 g/mol. The fourth-order valence-corrected chi connectivity index (χ4v) is 4.85. The van der Waals surface area contributed by atoms with E-state index in [0.29, 0.717) is 61.7 Å². The second-order valence-corrected chi connectivity index (χ2v) is 9.10. The third-order valence-electron chi connectivity index (χ3n) is 6.51. The first-order valence-corrected chi connectivity index (χ1v) is 11.6. The lowest BCUT2D eigenvalue weighted by Crippen LogP contribution is -2.32. The van der Waals surface area contributed by atoms with Crippen LogP contribution in [0.2, 0.25) is 5.02 Å². The molecule has 9 heteroatoms. The number of nitrogens with one attached hydrogen (secondary N) is 1. The number of aromatic nitrogens is 3. The first-order valence-electron chi connectivity index (χ1n) is 11.2. The molecule has 0 radical (unpaired) electrons. The maximum absolute atomic E-state index is 13.3. The van der Waals surface area contributed by atoms with E-state index in [4.69, 9.17) is 16.3 Å². The number of carbonyl (C=O) groups excluding carboxylic acids is 1. The van der Waals surface area contributed by atoms with Crippen LogP contribution in [0.25, 0.3) is 0 Å². The normalized spacial score (nSPS) is 23.7. The summed E-state index contributed by atoms with van der Waals surface area (Å²) in [6, 6.07) is 2.62. The minimum Gasteiger partial charge on any atom is -0.382 e. The molecule has 0 spiro atoms. The Kier molecular flexibility index (Phi) is 7.20. The second kappa shape index (κ2) is 10.1. The smallest absolute Gasteiger partial charge is 0.287 e. The summed E-state index contributed by atoms with van der Waals surface area (Å²) in [5.74, 6) is -0.370. The number of nitrogens with zero attached hydrogens (tertiary/aromatic N) is 3. The van der Waals surface area contributed by atoms with Gasteiger partial charge in [-0.3, -0.25) is 9.59 Å². The van der Waals surface area contributed by atoms with Crippen molar-refractivity contribution in [1.29, 1.82) is 0 Å². The number of rotatable bonds is 6. The van der Waals surface area contributed by atoms with Crippen LogP contribution in [0, 0.1) is 24.7 Å². The Hall–Kier alpha value is -2.32. The van der Waals surface area contributed by atoms with Crippen molar-refractivity contribution in [1.82, 2.24) is 14.8 Å². The van der Waals surface area contributed by atoms with Crippen molar-refractivity contribution in [2.75, 3.05) is 25.1 Å². The minimum absolute atomic E-state index is 0.0157. The fourth-order valence-electron chi connectivity index (χ4n) is 4.64. The van der Waals surface area contributed by atoms with E-state index in [0.717, 1.165) is 19.4 Å². The summed E-state index contributed by atoms with van der Waals surface area (Å²) in [6.45, 7) is 3.85. The van der Waals surface area contributed by atoms with Gasteiger partial charge in [-0.25, -0.2) is 9.67 Å². The Morgan fingerprint density at radius 3 is 2.75 bits per heavy atom. The van der Waals surface area contributed by atoms with E-state index < -0.39 is 5.95 Å². The van der Waals surface area contributed by atoms with Crippen molar-refractivity contribution < 1.29 is 13.9 Å². The van der Waals surface area contributed by atoms with Gasteiger partial charge in [0.2, 0.25) is 5.95 Å². The summed E-state index contributed by atoms with van der Waals surface area (Å²) in [5.41, 5.74) is 1.10. The van der Waals surface area contributed by atoms with Gasteiger partial charge in [0.05, 0.1) is 30.2 Å². The number of carbonyl (C=O) groups is 1. The number of hydrogen-bond donors (Lipinski definition) is 1. The molecule has 7 nitrogen and oxygen atoms in total. The van der Waals surface area contributed by atoms with Crippen LogP contribution >= 0.6 is 11.6 Å². The molecule has 1 saturated carbocycles. The highest BCUT2D eigenvalue weighted by molar-refractivity contribution is 6.32. The molecule has 3 heterocycles. The standard InChI is InChI=1S/C23H28ClFN4O3/c1-14-18(8-9-20(25)28-14)22(30)16-4-6-17(7-5-16)29-23(31)21(24)19(12-27-29)26-11-15-3-2-10-32-13-15/h8-9,12,15-17,26H,2-7,10-11,13H2,1H3/t15?,16-,17-. The molecule has 1 aliphatic carbocycles. The van der Waals surface area contributed by atoms with Crippen LogP contribution in [-0.4, -0.2) is 40.3 Å². The molecule has 0 amide bonds. The molecule has 1 saturated heterocycles. The Bertz CT molecular complexity index is 1030. The first-order chi connectivity index (χ1) is 15.4. The zero-order valence-electron chi connectivity index (χ0n) is 18.2. The molecule has 2 aromatic heterocycles. The average molecular weight is 463 g/mol. The molecule has 2 aliphatic rings. The highest BCUT2D eigenvalue weighted by Gasteiger charge is 2.30. The molecule has 1 unspecified atom stereocenters. The zero-order chi connectivity index (χ0) is 22.7. The number of pyridine rings is 1. The van der Waals surface area contributed by atoms with E-state index in [1.165, 1.54) is 16.8 Å². The topological polar surface area (TPSA) is 86.1 Å². The Balaban J connectivity index is 1.38. The van der Waals surface area contributed by atoms with Crippen molar-refractivity contribution in [3.63, 3.8) is 0 Å². The summed E-state index contributed by atoms with van der Waals surface area (Å²) in [6.07, 6.45) is 6.31. The second-order valence-electron chi connectivity index (χ2n) is 8.72. The number of aryl methyl sites for hydroxylation is 1. The van der Waals surface area contributed by atoms with Gasteiger partial charge in [-0.05, 0) is 63.5 Å². The van der Waals surface area contributed by atoms with Gasteiger partial charge in [-0.1, -0.05) is 11.6 Å². The van der Waals surface area contributed by atoms with E-state index >= 15 is 0 Å². The van der Waals surface area contributed by atoms with Gasteiger partial charge in [0.15, 0.2) is 5.78 Å². The monoisotopic (exact) mass is 462 g/mol. The number of ether oxygens (including phenoxy) is 1. The van der Waals surface area contributed by atoms with Crippen LogP contribution in [0.1, 0.15) is 60.6 Å². The lowest BCUT2D eigenvalue weighted by Gasteiger charge is -2.28. The Labute approximate surface area is 191 Å². The molecule has 172 valence electrons. The van der Waals surface area contributed by atoms with Gasteiger partial charge in [0.1, 0.15) is 5.02 Å². The SMILES string of the molecule is Cc1nc(F)ccc1C(=O)[C@H]1CC[C@H](n2ncc(NCC3CCCOC3)c(Cl)c2=O)CC1. The predicted molar refractivity (Wildman–Crippen MR) is 120 cm³/mol. The third kappa shape index (κ3) is 5.02. The third-order valence-corrected chi connectivity index (χ3v) is 6.88. The van der Waals surface area contributed by atoms with E-state index in [9.17, 15) is 14.0 Å². The molecular formula is C23H28ClFN4O3. The molecule has 1 atom stereocenters. The number of halogens is 2. The van der Waals surface area contributed by atoms with Gasteiger partial charge >= 0.3 is 0 Å². The van der Waals surface area contributed by atoms with Gasteiger partial charge in [-0.15, -0.1) is 0 Å². The maximum atomic E-state index is 13.3. The molecule has 0 aromatic carbocycles. The largest absolute Gasteiger partial charge is 0.382 e. The summed E-state index contributed by atoms with van der Waals surface area (Å²) in [4.78, 5) is 29.5. The van der Waals surface area contributed by atoms with Gasteiger partial charge in [-0.2, -0.15) is 9.49 Å². The van der Waals surface area contributed by atoms with Crippen LogP contribution in [0.15, 0.2) is 23.1 Å². The van der Waals surface area contributed by atoms with Crippen LogP contribution in [0.5, 0.6) is 0 Å². The fraction of sp³-hybridized carbons (Fsp3) is 0.565. The Morgan fingerprint density at radius 2 is 2.06 bits per heavy atom. The summed E-state index contributed by atoms with van der Waals surface area (Å²) >= 11 is 6.37. The molecule has 32 heavy (non-hydrogen) atoms. The average Bonchev–Trinajstić information content (AvgIpc) is 2.80. The van der Waals surface area contributed by atoms with E-state index in [1.807, 2.05) is 0 Å². The predicted octanol–water partition coefficient (Wildman–Crippen LogP) is 4.19.